The summed E-state index contributed by atoms with van der Waals surface area (Å²) in [5.74, 6) is 0.317. The molecule has 4 rings (SSSR count). The second-order valence-electron chi connectivity index (χ2n) is 9.62. The standard InChI is InChI=1S/C25H31ClN4O5/c1-16(2)11-20(30-14-17(12-23(30)31)34-21-8-6-5-7-19(21)26)24(32)27-22-9-10-29(28-22)13-18-15-33-25(3,4)35-18/h5-10,12,16,18,20H,11,13-15H2,1-4H3,(H,27,28,32)/t18-,20-/m0/s1. The van der Waals surface area contributed by atoms with E-state index in [1.165, 1.54) is 11.0 Å². The van der Waals surface area contributed by atoms with E-state index >= 15 is 0 Å². The van der Waals surface area contributed by atoms with E-state index in [4.69, 9.17) is 25.8 Å². The average molecular weight is 503 g/mol. The topological polar surface area (TPSA) is 94.9 Å². The Labute approximate surface area is 210 Å². The SMILES string of the molecule is CC(C)C[C@@H](C(=O)Nc1ccn(C[C@H]2COC(C)(C)O2)n1)N1CC(Oc2ccccc2Cl)=CC1=O. The highest BCUT2D eigenvalue weighted by atomic mass is 35.5. The first-order chi connectivity index (χ1) is 16.6. The molecule has 0 bridgehead atoms. The van der Waals surface area contributed by atoms with Crippen LogP contribution < -0.4 is 10.1 Å². The first kappa shape index (κ1) is 25.2. The van der Waals surface area contributed by atoms with Gasteiger partial charge in [0, 0.05) is 18.3 Å². The number of ether oxygens (including phenoxy) is 3. The maximum absolute atomic E-state index is 13.3. The van der Waals surface area contributed by atoms with Crippen molar-refractivity contribution in [1.82, 2.24) is 14.7 Å². The summed E-state index contributed by atoms with van der Waals surface area (Å²) in [5, 5.41) is 7.75. The molecule has 0 radical (unpaired) electrons. The fourth-order valence-electron chi connectivity index (χ4n) is 4.13. The number of rotatable bonds is 9. The fourth-order valence-corrected chi connectivity index (χ4v) is 4.30. The molecule has 35 heavy (non-hydrogen) atoms. The summed E-state index contributed by atoms with van der Waals surface area (Å²) < 4.78 is 19.0. The van der Waals surface area contributed by atoms with E-state index in [1.54, 1.807) is 41.2 Å². The van der Waals surface area contributed by atoms with Gasteiger partial charge < -0.3 is 24.4 Å². The number of para-hydroxylation sites is 1. The number of carbonyl (C=O) groups is 2. The van der Waals surface area contributed by atoms with Crippen molar-refractivity contribution in [1.29, 1.82) is 0 Å². The van der Waals surface area contributed by atoms with Gasteiger partial charge in [-0.25, -0.2) is 0 Å². The van der Waals surface area contributed by atoms with Crippen molar-refractivity contribution in [2.45, 2.75) is 58.6 Å². The molecule has 1 aromatic heterocycles. The van der Waals surface area contributed by atoms with Crippen molar-refractivity contribution in [2.24, 2.45) is 5.92 Å². The third kappa shape index (κ3) is 6.42. The number of hydrogen-bond donors (Lipinski definition) is 1. The Morgan fingerprint density at radius 1 is 1.31 bits per heavy atom. The molecule has 2 aliphatic heterocycles. The Hall–Kier alpha value is -2.88. The molecular weight excluding hydrogens is 472 g/mol. The molecule has 2 aromatic rings. The molecule has 0 spiro atoms. The molecule has 3 heterocycles. The minimum atomic E-state index is -0.677. The molecule has 9 nitrogen and oxygen atoms in total. The van der Waals surface area contributed by atoms with Crippen LogP contribution in [-0.4, -0.2) is 57.6 Å². The lowest BCUT2D eigenvalue weighted by Crippen LogP contribution is -2.46. The number of halogens is 1. The van der Waals surface area contributed by atoms with Gasteiger partial charge in [0.05, 0.1) is 24.7 Å². The lowest BCUT2D eigenvalue weighted by molar-refractivity contribution is -0.139. The molecule has 1 fully saturated rings. The van der Waals surface area contributed by atoms with Crippen LogP contribution in [0.2, 0.25) is 5.02 Å². The predicted octanol–water partition coefficient (Wildman–Crippen LogP) is 3.85. The van der Waals surface area contributed by atoms with Crippen LogP contribution in [0, 0.1) is 5.92 Å². The lowest BCUT2D eigenvalue weighted by atomic mass is 10.0. The molecular formula is C25H31ClN4O5. The van der Waals surface area contributed by atoms with E-state index in [0.29, 0.717) is 41.9 Å². The molecule has 1 N–H and O–H groups in total. The monoisotopic (exact) mass is 502 g/mol. The summed E-state index contributed by atoms with van der Waals surface area (Å²) in [6.07, 6.45) is 3.56. The van der Waals surface area contributed by atoms with Gasteiger partial charge in [-0.1, -0.05) is 37.6 Å². The first-order valence-corrected chi connectivity index (χ1v) is 12.1. The maximum Gasteiger partial charge on any atom is 0.251 e. The van der Waals surface area contributed by atoms with E-state index in [-0.39, 0.29) is 30.4 Å². The van der Waals surface area contributed by atoms with Gasteiger partial charge in [0.2, 0.25) is 5.91 Å². The molecule has 1 aromatic carbocycles. The van der Waals surface area contributed by atoms with E-state index in [1.807, 2.05) is 27.7 Å². The quantitative estimate of drug-likeness (QED) is 0.559. The highest BCUT2D eigenvalue weighted by molar-refractivity contribution is 6.32. The fraction of sp³-hybridized carbons (Fsp3) is 0.480. The van der Waals surface area contributed by atoms with Crippen LogP contribution in [-0.2, 0) is 25.6 Å². The highest BCUT2D eigenvalue weighted by Crippen LogP contribution is 2.28. The largest absolute Gasteiger partial charge is 0.458 e. The maximum atomic E-state index is 13.3. The third-order valence-electron chi connectivity index (χ3n) is 5.69. The zero-order valence-corrected chi connectivity index (χ0v) is 21.1. The van der Waals surface area contributed by atoms with Crippen LogP contribution in [0.15, 0.2) is 48.4 Å². The normalized spacial score (nSPS) is 20.3. The molecule has 10 heteroatoms. The Kier molecular flexibility index (Phi) is 7.49. The van der Waals surface area contributed by atoms with Crippen LogP contribution in [0.1, 0.15) is 34.1 Å². The van der Waals surface area contributed by atoms with Gasteiger partial charge in [-0.05, 0) is 38.3 Å². The number of benzene rings is 1. The van der Waals surface area contributed by atoms with E-state index < -0.39 is 11.8 Å². The van der Waals surface area contributed by atoms with E-state index in [0.717, 1.165) is 0 Å². The summed E-state index contributed by atoms with van der Waals surface area (Å²) in [7, 11) is 0. The second kappa shape index (κ2) is 10.4. The van der Waals surface area contributed by atoms with Gasteiger partial charge in [-0.15, -0.1) is 0 Å². The van der Waals surface area contributed by atoms with E-state index in [9.17, 15) is 9.59 Å². The third-order valence-corrected chi connectivity index (χ3v) is 6.01. The molecule has 0 unspecified atom stereocenters. The Morgan fingerprint density at radius 3 is 2.77 bits per heavy atom. The second-order valence-corrected chi connectivity index (χ2v) is 10.0. The van der Waals surface area contributed by atoms with Crippen molar-refractivity contribution >= 4 is 29.2 Å². The Morgan fingerprint density at radius 2 is 2.09 bits per heavy atom. The lowest BCUT2D eigenvalue weighted by Gasteiger charge is -2.28. The molecule has 0 aliphatic carbocycles. The summed E-state index contributed by atoms with van der Waals surface area (Å²) in [6.45, 7) is 8.93. The van der Waals surface area contributed by atoms with Gasteiger partial charge in [0.25, 0.3) is 5.91 Å². The minimum Gasteiger partial charge on any atom is -0.458 e. The van der Waals surface area contributed by atoms with E-state index in [2.05, 4.69) is 10.4 Å². The van der Waals surface area contributed by atoms with Gasteiger partial charge in [0.1, 0.15) is 23.7 Å². The molecule has 2 atom stereocenters. The Bertz CT molecular complexity index is 1110. The number of carbonyl (C=O) groups excluding carboxylic acids is 2. The summed E-state index contributed by atoms with van der Waals surface area (Å²) in [4.78, 5) is 27.6. The van der Waals surface area contributed by atoms with Gasteiger partial charge in [-0.3, -0.25) is 14.3 Å². The zero-order valence-electron chi connectivity index (χ0n) is 20.4. The molecule has 2 aliphatic rings. The van der Waals surface area contributed by atoms with Crippen LogP contribution >= 0.6 is 11.6 Å². The highest BCUT2D eigenvalue weighted by Gasteiger charge is 2.35. The van der Waals surface area contributed by atoms with Crippen LogP contribution in [0.25, 0.3) is 0 Å². The predicted molar refractivity (Wildman–Crippen MR) is 131 cm³/mol. The summed E-state index contributed by atoms with van der Waals surface area (Å²) in [5.41, 5.74) is 0. The van der Waals surface area contributed by atoms with Crippen molar-refractivity contribution < 1.29 is 23.8 Å². The molecule has 2 amide bonds. The number of aromatic nitrogens is 2. The molecule has 0 saturated carbocycles. The van der Waals surface area contributed by atoms with Gasteiger partial charge >= 0.3 is 0 Å². The minimum absolute atomic E-state index is 0.119. The Balaban J connectivity index is 1.40. The summed E-state index contributed by atoms with van der Waals surface area (Å²) >= 11 is 6.18. The number of hydrogen-bond acceptors (Lipinski definition) is 6. The average Bonchev–Trinajstić information content (AvgIpc) is 3.46. The number of amides is 2. The molecule has 1 saturated heterocycles. The van der Waals surface area contributed by atoms with Crippen molar-refractivity contribution in [3.05, 3.63) is 53.4 Å². The first-order valence-electron chi connectivity index (χ1n) is 11.7. The van der Waals surface area contributed by atoms with Crippen LogP contribution in [0.4, 0.5) is 5.82 Å². The smallest absolute Gasteiger partial charge is 0.251 e. The summed E-state index contributed by atoms with van der Waals surface area (Å²) in [6, 6.07) is 8.10. The molecule has 188 valence electrons. The number of anilines is 1. The van der Waals surface area contributed by atoms with Crippen LogP contribution in [0.5, 0.6) is 5.75 Å². The van der Waals surface area contributed by atoms with Crippen molar-refractivity contribution in [3.63, 3.8) is 0 Å². The number of nitrogens with zero attached hydrogens (tertiary/aromatic N) is 3. The van der Waals surface area contributed by atoms with Gasteiger partial charge in [0.15, 0.2) is 11.6 Å². The zero-order chi connectivity index (χ0) is 25.2. The van der Waals surface area contributed by atoms with Crippen molar-refractivity contribution in [3.8, 4) is 5.75 Å². The van der Waals surface area contributed by atoms with Crippen molar-refractivity contribution in [2.75, 3.05) is 18.5 Å². The van der Waals surface area contributed by atoms with Crippen LogP contribution in [0.3, 0.4) is 0 Å². The van der Waals surface area contributed by atoms with Gasteiger partial charge in [-0.2, -0.15) is 5.10 Å². The number of nitrogens with one attached hydrogen (secondary N) is 1.